The molecule has 4 aromatic heterocycles. The van der Waals surface area contributed by atoms with Gasteiger partial charge in [-0.2, -0.15) is 0 Å². The quantitative estimate of drug-likeness (QED) is 0.171. The number of para-hydroxylation sites is 2. The number of benzene rings is 7. The van der Waals surface area contributed by atoms with Crippen LogP contribution in [-0.2, 0) is 0 Å². The molecular formula is C51H31N3O2. The first-order valence-corrected chi connectivity index (χ1v) is 18.7. The first-order valence-electron chi connectivity index (χ1n) is 18.7. The molecular weight excluding hydrogens is 687 g/mol. The van der Waals surface area contributed by atoms with Crippen molar-refractivity contribution in [1.29, 1.82) is 0 Å². The van der Waals surface area contributed by atoms with Crippen LogP contribution in [0.2, 0.25) is 0 Å². The van der Waals surface area contributed by atoms with Crippen LogP contribution in [0.5, 0.6) is 0 Å². The molecule has 0 amide bonds. The number of pyridine rings is 1. The van der Waals surface area contributed by atoms with Gasteiger partial charge in [0.25, 0.3) is 0 Å². The molecule has 0 spiro atoms. The van der Waals surface area contributed by atoms with E-state index in [4.69, 9.17) is 18.8 Å². The van der Waals surface area contributed by atoms with Crippen LogP contribution in [0.4, 0.5) is 0 Å². The maximum Gasteiger partial charge on any atom is 0.160 e. The highest BCUT2D eigenvalue weighted by atomic mass is 16.3. The van der Waals surface area contributed by atoms with Gasteiger partial charge in [-0.25, -0.2) is 9.97 Å². The molecule has 262 valence electrons. The minimum atomic E-state index is 0.663. The number of hydrogen-bond acceptors (Lipinski definition) is 5. The third kappa shape index (κ3) is 5.45. The molecule has 5 nitrogen and oxygen atoms in total. The van der Waals surface area contributed by atoms with E-state index in [9.17, 15) is 0 Å². The van der Waals surface area contributed by atoms with Crippen LogP contribution in [0.1, 0.15) is 0 Å². The third-order valence-corrected chi connectivity index (χ3v) is 10.6. The van der Waals surface area contributed by atoms with E-state index in [1.807, 2.05) is 60.8 Å². The molecule has 0 aliphatic heterocycles. The summed E-state index contributed by atoms with van der Waals surface area (Å²) in [5.74, 6) is 0.663. The molecule has 0 aliphatic carbocycles. The first kappa shape index (κ1) is 31.9. The fourth-order valence-electron chi connectivity index (χ4n) is 7.86. The zero-order chi connectivity index (χ0) is 37.0. The summed E-state index contributed by atoms with van der Waals surface area (Å²) in [6.45, 7) is 0. The normalized spacial score (nSPS) is 11.6. The van der Waals surface area contributed by atoms with Gasteiger partial charge in [0.1, 0.15) is 22.3 Å². The summed E-state index contributed by atoms with van der Waals surface area (Å²) >= 11 is 0. The molecule has 56 heavy (non-hydrogen) atoms. The van der Waals surface area contributed by atoms with Gasteiger partial charge in [-0.3, -0.25) is 4.98 Å². The Balaban J connectivity index is 1.01. The largest absolute Gasteiger partial charge is 0.456 e. The monoisotopic (exact) mass is 717 g/mol. The van der Waals surface area contributed by atoms with Gasteiger partial charge in [0.15, 0.2) is 5.82 Å². The van der Waals surface area contributed by atoms with Crippen LogP contribution < -0.4 is 0 Å². The molecule has 0 bridgehead atoms. The van der Waals surface area contributed by atoms with Crippen molar-refractivity contribution < 1.29 is 8.83 Å². The van der Waals surface area contributed by atoms with Gasteiger partial charge in [0, 0.05) is 61.8 Å². The van der Waals surface area contributed by atoms with Gasteiger partial charge in [-0.05, 0) is 70.8 Å². The van der Waals surface area contributed by atoms with Crippen LogP contribution in [-0.4, -0.2) is 15.0 Å². The van der Waals surface area contributed by atoms with Crippen molar-refractivity contribution in [1.82, 2.24) is 15.0 Å². The Labute approximate surface area is 322 Å². The van der Waals surface area contributed by atoms with Crippen molar-refractivity contribution in [2.75, 3.05) is 0 Å². The van der Waals surface area contributed by atoms with Gasteiger partial charge >= 0.3 is 0 Å². The Morgan fingerprint density at radius 1 is 0.357 bits per heavy atom. The minimum Gasteiger partial charge on any atom is -0.456 e. The fourth-order valence-corrected chi connectivity index (χ4v) is 7.86. The van der Waals surface area contributed by atoms with Gasteiger partial charge < -0.3 is 8.83 Å². The highest BCUT2D eigenvalue weighted by molar-refractivity contribution is 6.17. The molecule has 0 fully saturated rings. The second-order valence-corrected chi connectivity index (χ2v) is 14.0. The fraction of sp³-hybridized carbons (Fsp3) is 0. The third-order valence-electron chi connectivity index (χ3n) is 10.6. The molecule has 7 aromatic carbocycles. The standard InChI is InChI=1S/C51H31N3O2/c1-2-10-33(11-3-1)44-30-45(54-51(53-44)37-13-8-12-35(28-37)38-14-9-27-52-31-38)34-21-19-32(20-22-34)40-26-25-39(49-43-16-5-7-18-47(43)56-50(40)49)36-23-24-42-41-15-4-6-17-46(41)55-48(42)29-36/h1-31H. The highest BCUT2D eigenvalue weighted by Crippen LogP contribution is 2.43. The van der Waals surface area contributed by atoms with Crippen LogP contribution in [0.3, 0.4) is 0 Å². The second kappa shape index (κ2) is 13.0. The molecule has 0 radical (unpaired) electrons. The number of rotatable bonds is 6. The molecule has 0 saturated carbocycles. The lowest BCUT2D eigenvalue weighted by Crippen LogP contribution is -1.96. The molecule has 4 heterocycles. The number of fused-ring (bicyclic) bond motifs is 6. The van der Waals surface area contributed by atoms with E-state index in [1.165, 1.54) is 0 Å². The predicted molar refractivity (Wildman–Crippen MR) is 227 cm³/mol. The summed E-state index contributed by atoms with van der Waals surface area (Å²) in [4.78, 5) is 14.5. The number of hydrogen-bond donors (Lipinski definition) is 0. The van der Waals surface area contributed by atoms with Crippen molar-refractivity contribution in [3.63, 3.8) is 0 Å². The average Bonchev–Trinajstić information content (AvgIpc) is 3.85. The summed E-state index contributed by atoms with van der Waals surface area (Å²) in [5, 5.41) is 4.39. The zero-order valence-electron chi connectivity index (χ0n) is 30.1. The van der Waals surface area contributed by atoms with E-state index in [-0.39, 0.29) is 0 Å². The summed E-state index contributed by atoms with van der Waals surface area (Å²) < 4.78 is 13.0. The van der Waals surface area contributed by atoms with Crippen LogP contribution in [0, 0.1) is 0 Å². The predicted octanol–water partition coefficient (Wildman–Crippen LogP) is 13.7. The maximum absolute atomic E-state index is 6.67. The SMILES string of the molecule is c1ccc(-c2cc(-c3ccc(-c4ccc(-c5ccc6c(c5)oc5ccccc56)c5c4oc4ccccc45)cc3)nc(-c3cccc(-c4cccnc4)c3)n2)cc1. The van der Waals surface area contributed by atoms with Crippen LogP contribution in [0.25, 0.3) is 111 Å². The van der Waals surface area contributed by atoms with Gasteiger partial charge in [0.2, 0.25) is 0 Å². The molecule has 5 heteroatoms. The number of nitrogens with zero attached hydrogens (tertiary/aromatic N) is 3. The Morgan fingerprint density at radius 2 is 0.982 bits per heavy atom. The van der Waals surface area contributed by atoms with E-state index in [1.54, 1.807) is 6.20 Å². The lowest BCUT2D eigenvalue weighted by atomic mass is 9.93. The Kier molecular flexibility index (Phi) is 7.42. The van der Waals surface area contributed by atoms with Crippen molar-refractivity contribution in [2.24, 2.45) is 0 Å². The zero-order valence-corrected chi connectivity index (χ0v) is 30.1. The van der Waals surface area contributed by atoms with Gasteiger partial charge in [-0.1, -0.05) is 127 Å². The topological polar surface area (TPSA) is 65.0 Å². The Morgan fingerprint density at radius 3 is 1.79 bits per heavy atom. The van der Waals surface area contributed by atoms with Gasteiger partial charge in [-0.15, -0.1) is 0 Å². The maximum atomic E-state index is 6.67. The van der Waals surface area contributed by atoms with E-state index < -0.39 is 0 Å². The molecule has 0 unspecified atom stereocenters. The van der Waals surface area contributed by atoms with E-state index in [2.05, 4.69) is 126 Å². The van der Waals surface area contributed by atoms with Crippen molar-refractivity contribution in [2.45, 2.75) is 0 Å². The van der Waals surface area contributed by atoms with E-state index in [0.29, 0.717) is 5.82 Å². The summed E-state index contributed by atoms with van der Waals surface area (Å²) in [5.41, 5.74) is 14.5. The molecule has 11 rings (SSSR count). The van der Waals surface area contributed by atoms with Crippen molar-refractivity contribution in [3.8, 4) is 67.3 Å². The summed E-state index contributed by atoms with van der Waals surface area (Å²) in [6, 6.07) is 60.6. The van der Waals surface area contributed by atoms with E-state index >= 15 is 0 Å². The second-order valence-electron chi connectivity index (χ2n) is 14.0. The summed E-state index contributed by atoms with van der Waals surface area (Å²) in [6.07, 6.45) is 3.66. The first-order chi connectivity index (χ1) is 27.7. The Bertz CT molecular complexity index is 3240. The van der Waals surface area contributed by atoms with E-state index in [0.717, 1.165) is 105 Å². The van der Waals surface area contributed by atoms with Crippen molar-refractivity contribution >= 4 is 43.9 Å². The van der Waals surface area contributed by atoms with Crippen molar-refractivity contribution in [3.05, 3.63) is 188 Å². The molecule has 0 atom stereocenters. The lowest BCUT2D eigenvalue weighted by Gasteiger charge is -2.12. The minimum absolute atomic E-state index is 0.663. The number of aromatic nitrogens is 3. The molecule has 0 aliphatic rings. The van der Waals surface area contributed by atoms with Crippen LogP contribution >= 0.6 is 0 Å². The number of furan rings is 2. The lowest BCUT2D eigenvalue weighted by molar-refractivity contribution is 0.668. The molecule has 0 N–H and O–H groups in total. The van der Waals surface area contributed by atoms with Gasteiger partial charge in [0.05, 0.1) is 11.4 Å². The molecule has 11 aromatic rings. The van der Waals surface area contributed by atoms with Crippen LogP contribution in [0.15, 0.2) is 197 Å². The summed E-state index contributed by atoms with van der Waals surface area (Å²) in [7, 11) is 0. The molecule has 0 saturated heterocycles. The highest BCUT2D eigenvalue weighted by Gasteiger charge is 2.19. The average molecular weight is 718 g/mol. The Hall–Kier alpha value is -7.63. The smallest absolute Gasteiger partial charge is 0.160 e.